The van der Waals surface area contributed by atoms with Gasteiger partial charge in [0.15, 0.2) is 6.17 Å². The summed E-state index contributed by atoms with van der Waals surface area (Å²) in [4.78, 5) is 20.9. The van der Waals surface area contributed by atoms with Crippen LogP contribution in [0.5, 0.6) is 0 Å². The Kier molecular flexibility index (Phi) is 2.28. The highest BCUT2D eigenvalue weighted by Gasteiger charge is 2.37. The van der Waals surface area contributed by atoms with Gasteiger partial charge in [0, 0.05) is 17.7 Å². The maximum Gasteiger partial charge on any atom is 0.233 e. The molecule has 4 heteroatoms. The molecule has 0 fully saturated rings. The fourth-order valence-corrected chi connectivity index (χ4v) is 2.26. The van der Waals surface area contributed by atoms with Crippen LogP contribution in [0, 0.1) is 5.92 Å². The molecule has 17 heavy (non-hydrogen) atoms. The summed E-state index contributed by atoms with van der Waals surface area (Å²) in [7, 11) is 0. The predicted octanol–water partition coefficient (Wildman–Crippen LogP) is 1.37. The quantitative estimate of drug-likeness (QED) is 0.774. The topological polar surface area (TPSA) is 53.8 Å². The number of carbonyl (C=O) groups excluding carboxylic acids is 1. The zero-order valence-corrected chi connectivity index (χ0v) is 9.55. The van der Waals surface area contributed by atoms with Gasteiger partial charge in [-0.25, -0.2) is 4.99 Å². The molecule has 0 saturated carbocycles. The molecular weight excluding hydrogens is 214 g/mol. The molecule has 86 valence electrons. The molecule has 0 saturated heterocycles. The van der Waals surface area contributed by atoms with Crippen molar-refractivity contribution in [3.8, 4) is 0 Å². The molecule has 3 rings (SSSR count). The van der Waals surface area contributed by atoms with E-state index >= 15 is 0 Å². The molecule has 2 unspecified atom stereocenters. The third-order valence-corrected chi connectivity index (χ3v) is 3.11. The van der Waals surface area contributed by atoms with Gasteiger partial charge in [-0.1, -0.05) is 30.3 Å². The van der Waals surface area contributed by atoms with Crippen LogP contribution in [-0.2, 0) is 4.79 Å². The summed E-state index contributed by atoms with van der Waals surface area (Å²) in [6.07, 6.45) is 0.501. The van der Waals surface area contributed by atoms with Crippen molar-refractivity contribution in [2.24, 2.45) is 15.9 Å². The first-order chi connectivity index (χ1) is 8.24. The van der Waals surface area contributed by atoms with E-state index in [0.29, 0.717) is 5.84 Å². The van der Waals surface area contributed by atoms with E-state index in [0.717, 1.165) is 17.7 Å². The summed E-state index contributed by atoms with van der Waals surface area (Å²) in [6, 6.07) is 9.67. The largest absolute Gasteiger partial charge is 0.310 e. The number of amides is 1. The van der Waals surface area contributed by atoms with Gasteiger partial charge >= 0.3 is 0 Å². The minimum Gasteiger partial charge on any atom is -0.310 e. The number of benzene rings is 1. The molecule has 1 amide bonds. The standard InChI is InChI=1S/C13H13N3O/c1-8-7-10-12(14-8)15-11(16-13(10)17)9-5-3-2-4-6-9/h2-6,10,12H,7H2,1H3,(H,15,16,17). The number of fused-ring (bicyclic) bond motifs is 1. The molecule has 2 heterocycles. The van der Waals surface area contributed by atoms with E-state index in [2.05, 4.69) is 15.3 Å². The van der Waals surface area contributed by atoms with Gasteiger partial charge in [-0.15, -0.1) is 0 Å². The average Bonchev–Trinajstić information content (AvgIpc) is 2.71. The Morgan fingerprint density at radius 1 is 1.24 bits per heavy atom. The normalized spacial score (nSPS) is 27.0. The van der Waals surface area contributed by atoms with Gasteiger partial charge in [0.05, 0.1) is 5.92 Å². The molecule has 0 radical (unpaired) electrons. The van der Waals surface area contributed by atoms with Crippen LogP contribution in [0.3, 0.4) is 0 Å². The van der Waals surface area contributed by atoms with Gasteiger partial charge < -0.3 is 5.32 Å². The summed E-state index contributed by atoms with van der Waals surface area (Å²) in [5, 5.41) is 2.86. The zero-order valence-electron chi connectivity index (χ0n) is 9.55. The first kappa shape index (κ1) is 10.2. The van der Waals surface area contributed by atoms with E-state index in [-0.39, 0.29) is 18.0 Å². The van der Waals surface area contributed by atoms with Crippen molar-refractivity contribution in [1.29, 1.82) is 0 Å². The van der Waals surface area contributed by atoms with E-state index in [1.807, 2.05) is 37.3 Å². The smallest absolute Gasteiger partial charge is 0.233 e. The van der Waals surface area contributed by atoms with Gasteiger partial charge in [0.2, 0.25) is 5.91 Å². The molecule has 0 spiro atoms. The van der Waals surface area contributed by atoms with Gasteiger partial charge in [0.1, 0.15) is 5.84 Å². The van der Waals surface area contributed by atoms with Crippen LogP contribution in [0.15, 0.2) is 40.3 Å². The van der Waals surface area contributed by atoms with Crippen LogP contribution in [0.1, 0.15) is 18.9 Å². The van der Waals surface area contributed by atoms with E-state index in [1.165, 1.54) is 0 Å². The van der Waals surface area contributed by atoms with Crippen LogP contribution >= 0.6 is 0 Å². The Morgan fingerprint density at radius 2 is 2.00 bits per heavy atom. The van der Waals surface area contributed by atoms with Crippen LogP contribution in [-0.4, -0.2) is 23.6 Å². The van der Waals surface area contributed by atoms with Crippen LogP contribution < -0.4 is 5.32 Å². The number of nitrogens with one attached hydrogen (secondary N) is 1. The number of amidine groups is 1. The number of aliphatic imine (C=N–C) groups is 2. The molecule has 1 aromatic carbocycles. The number of carbonyl (C=O) groups is 1. The first-order valence-electron chi connectivity index (χ1n) is 5.71. The highest BCUT2D eigenvalue weighted by molar-refractivity contribution is 6.11. The average molecular weight is 227 g/mol. The van der Waals surface area contributed by atoms with Crippen molar-refractivity contribution >= 4 is 17.5 Å². The Bertz CT molecular complexity index is 519. The van der Waals surface area contributed by atoms with Crippen molar-refractivity contribution in [2.75, 3.05) is 0 Å². The molecule has 0 aromatic heterocycles. The van der Waals surface area contributed by atoms with Crippen molar-refractivity contribution in [3.63, 3.8) is 0 Å². The lowest BCUT2D eigenvalue weighted by atomic mass is 10.00. The van der Waals surface area contributed by atoms with Gasteiger partial charge in [0.25, 0.3) is 0 Å². The van der Waals surface area contributed by atoms with E-state index in [4.69, 9.17) is 0 Å². The van der Waals surface area contributed by atoms with Crippen molar-refractivity contribution in [2.45, 2.75) is 19.5 Å². The van der Waals surface area contributed by atoms with Crippen molar-refractivity contribution in [1.82, 2.24) is 5.32 Å². The monoisotopic (exact) mass is 227 g/mol. The van der Waals surface area contributed by atoms with Gasteiger partial charge in [-0.3, -0.25) is 9.79 Å². The molecular formula is C13H13N3O. The Labute approximate surface area is 99.5 Å². The number of hydrogen-bond acceptors (Lipinski definition) is 3. The SMILES string of the molecule is CC1=NC2N=C(c3ccccc3)NC(=O)C2C1. The predicted molar refractivity (Wildman–Crippen MR) is 66.1 cm³/mol. The molecule has 0 aliphatic carbocycles. The fraction of sp³-hybridized carbons (Fsp3) is 0.308. The lowest BCUT2D eigenvalue weighted by Crippen LogP contribution is -2.44. The molecule has 2 atom stereocenters. The third-order valence-electron chi connectivity index (χ3n) is 3.11. The molecule has 4 nitrogen and oxygen atoms in total. The fourth-order valence-electron chi connectivity index (χ4n) is 2.26. The Balaban J connectivity index is 1.97. The number of nitrogens with zero attached hydrogens (tertiary/aromatic N) is 2. The highest BCUT2D eigenvalue weighted by atomic mass is 16.2. The van der Waals surface area contributed by atoms with Crippen LogP contribution in [0.25, 0.3) is 0 Å². The van der Waals surface area contributed by atoms with E-state index in [1.54, 1.807) is 0 Å². The summed E-state index contributed by atoms with van der Waals surface area (Å²) in [6.45, 7) is 1.95. The van der Waals surface area contributed by atoms with Crippen LogP contribution in [0.4, 0.5) is 0 Å². The molecule has 1 N–H and O–H groups in total. The van der Waals surface area contributed by atoms with E-state index < -0.39 is 0 Å². The van der Waals surface area contributed by atoms with Crippen molar-refractivity contribution in [3.05, 3.63) is 35.9 Å². The lowest BCUT2D eigenvalue weighted by molar-refractivity contribution is -0.124. The Hall–Kier alpha value is -1.97. The maximum atomic E-state index is 11.9. The molecule has 2 aliphatic rings. The Morgan fingerprint density at radius 3 is 2.76 bits per heavy atom. The molecule has 1 aromatic rings. The minimum absolute atomic E-state index is 0.0319. The maximum absolute atomic E-state index is 11.9. The van der Waals surface area contributed by atoms with Gasteiger partial charge in [-0.2, -0.15) is 0 Å². The summed E-state index contributed by atoms with van der Waals surface area (Å²) in [5.41, 5.74) is 1.94. The summed E-state index contributed by atoms with van der Waals surface area (Å²) >= 11 is 0. The molecule has 0 bridgehead atoms. The second kappa shape index (κ2) is 3.80. The van der Waals surface area contributed by atoms with Crippen molar-refractivity contribution < 1.29 is 4.79 Å². The lowest BCUT2D eigenvalue weighted by Gasteiger charge is -2.22. The second-order valence-electron chi connectivity index (χ2n) is 4.42. The number of hydrogen-bond donors (Lipinski definition) is 1. The second-order valence-corrected chi connectivity index (χ2v) is 4.42. The number of rotatable bonds is 1. The molecule has 2 aliphatic heterocycles. The minimum atomic E-state index is -0.223. The van der Waals surface area contributed by atoms with Gasteiger partial charge in [-0.05, 0) is 6.92 Å². The highest BCUT2D eigenvalue weighted by Crippen LogP contribution is 2.26. The summed E-state index contributed by atoms with van der Waals surface area (Å²) < 4.78 is 0. The van der Waals surface area contributed by atoms with E-state index in [9.17, 15) is 4.79 Å². The zero-order chi connectivity index (χ0) is 11.8. The summed E-state index contributed by atoms with van der Waals surface area (Å²) in [5.74, 6) is 0.558. The van der Waals surface area contributed by atoms with Crippen LogP contribution in [0.2, 0.25) is 0 Å². The first-order valence-corrected chi connectivity index (χ1v) is 5.71. The third kappa shape index (κ3) is 1.75.